The van der Waals surface area contributed by atoms with Crippen LogP contribution in [0.2, 0.25) is 0 Å². The molecule has 0 saturated heterocycles. The average Bonchev–Trinajstić information content (AvgIpc) is 2.96. The van der Waals surface area contributed by atoms with Crippen molar-refractivity contribution in [1.82, 2.24) is 0 Å². The zero-order valence-corrected chi connectivity index (χ0v) is 16.3. The first kappa shape index (κ1) is 18.4. The Balaban J connectivity index is 1.77. The summed E-state index contributed by atoms with van der Waals surface area (Å²) in [5, 5.41) is 13.2. The fourth-order valence-electron chi connectivity index (χ4n) is 3.42. The van der Waals surface area contributed by atoms with Crippen molar-refractivity contribution < 1.29 is 4.79 Å². The summed E-state index contributed by atoms with van der Waals surface area (Å²) in [4.78, 5) is 13.5. The number of hydrogen-bond donors (Lipinski definition) is 1. The quantitative estimate of drug-likeness (QED) is 0.739. The highest BCUT2D eigenvalue weighted by Crippen LogP contribution is 2.43. The highest BCUT2D eigenvalue weighted by molar-refractivity contribution is 7.16. The number of nitriles is 1. The van der Waals surface area contributed by atoms with Gasteiger partial charge in [0.1, 0.15) is 11.1 Å². The van der Waals surface area contributed by atoms with Crippen molar-refractivity contribution in [1.29, 1.82) is 5.26 Å². The lowest BCUT2D eigenvalue weighted by atomic mass is 9.72. The monoisotopic (exact) mass is 364 g/mol. The maximum absolute atomic E-state index is 12.3. The van der Waals surface area contributed by atoms with E-state index in [1.807, 2.05) is 30.3 Å². The van der Waals surface area contributed by atoms with E-state index in [2.05, 4.69) is 32.2 Å². The van der Waals surface area contributed by atoms with Gasteiger partial charge >= 0.3 is 0 Å². The highest BCUT2D eigenvalue weighted by atomic mass is 32.1. The molecule has 1 aliphatic carbocycles. The van der Waals surface area contributed by atoms with Crippen molar-refractivity contribution in [3.05, 3.63) is 58.0 Å². The second-order valence-electron chi connectivity index (χ2n) is 7.86. The molecule has 1 N–H and O–H groups in total. The molecule has 2 aromatic rings. The third kappa shape index (κ3) is 4.05. The second-order valence-corrected chi connectivity index (χ2v) is 8.96. The number of carbonyl (C=O) groups excluding carboxylic acids is 1. The molecule has 0 fully saturated rings. The molecule has 3 rings (SSSR count). The van der Waals surface area contributed by atoms with Crippen LogP contribution in [0.15, 0.2) is 36.4 Å². The van der Waals surface area contributed by atoms with Gasteiger partial charge < -0.3 is 5.32 Å². The van der Waals surface area contributed by atoms with Crippen molar-refractivity contribution in [3.8, 4) is 6.07 Å². The van der Waals surface area contributed by atoms with Gasteiger partial charge in [-0.15, -0.1) is 11.3 Å². The van der Waals surface area contributed by atoms with Gasteiger partial charge in [0.05, 0.1) is 5.56 Å². The largest absolute Gasteiger partial charge is 0.313 e. The summed E-state index contributed by atoms with van der Waals surface area (Å²) in [5.41, 5.74) is 3.02. The predicted molar refractivity (Wildman–Crippen MR) is 108 cm³/mol. The Morgan fingerprint density at radius 1 is 1.31 bits per heavy atom. The SMILES string of the molecule is CC(C)(C)C1CCc2c(sc(NC(=O)C=Cc3ccccc3)c2C#N)C1. The lowest BCUT2D eigenvalue weighted by Crippen LogP contribution is -2.26. The van der Waals surface area contributed by atoms with Crippen LogP contribution in [0.25, 0.3) is 6.08 Å². The molecule has 1 aromatic carbocycles. The number of hydrogen-bond acceptors (Lipinski definition) is 3. The second kappa shape index (κ2) is 7.47. The van der Waals surface area contributed by atoms with Crippen LogP contribution >= 0.6 is 11.3 Å². The Kier molecular flexibility index (Phi) is 5.29. The topological polar surface area (TPSA) is 52.9 Å². The third-order valence-corrected chi connectivity index (χ3v) is 6.24. The number of carbonyl (C=O) groups is 1. The molecule has 0 radical (unpaired) electrons. The molecule has 1 heterocycles. The van der Waals surface area contributed by atoms with E-state index >= 15 is 0 Å². The van der Waals surface area contributed by atoms with Crippen LogP contribution < -0.4 is 5.32 Å². The lowest BCUT2D eigenvalue weighted by molar-refractivity contribution is -0.111. The molecule has 0 bridgehead atoms. The van der Waals surface area contributed by atoms with Gasteiger partial charge in [-0.2, -0.15) is 5.26 Å². The number of nitrogens with one attached hydrogen (secondary N) is 1. The van der Waals surface area contributed by atoms with Crippen molar-refractivity contribution in [2.24, 2.45) is 11.3 Å². The first-order chi connectivity index (χ1) is 12.4. The number of amides is 1. The van der Waals surface area contributed by atoms with Crippen LogP contribution in [0, 0.1) is 22.7 Å². The van der Waals surface area contributed by atoms with Crippen molar-refractivity contribution >= 4 is 28.3 Å². The summed E-state index contributed by atoms with van der Waals surface area (Å²) in [7, 11) is 0. The molecular formula is C22H24N2OS. The molecule has 0 spiro atoms. The standard InChI is InChI=1S/C22H24N2OS/c1-22(2,3)16-10-11-17-18(14-23)21(26-19(17)13-16)24-20(25)12-9-15-7-5-4-6-8-15/h4-9,12,16H,10-11,13H2,1-3H3,(H,24,25). The first-order valence-electron chi connectivity index (χ1n) is 8.97. The van der Waals surface area contributed by atoms with Gasteiger partial charge in [0, 0.05) is 11.0 Å². The smallest absolute Gasteiger partial charge is 0.249 e. The molecule has 1 unspecified atom stereocenters. The molecule has 1 aliphatic rings. The van der Waals surface area contributed by atoms with Crippen molar-refractivity contribution in [3.63, 3.8) is 0 Å². The van der Waals surface area contributed by atoms with E-state index in [0.29, 0.717) is 16.5 Å². The number of thiophene rings is 1. The van der Waals surface area contributed by atoms with Crippen LogP contribution in [0.4, 0.5) is 5.00 Å². The third-order valence-electron chi connectivity index (χ3n) is 5.07. The van der Waals surface area contributed by atoms with Crippen LogP contribution in [0.3, 0.4) is 0 Å². The summed E-state index contributed by atoms with van der Waals surface area (Å²) >= 11 is 1.57. The number of benzene rings is 1. The Bertz CT molecular complexity index is 866. The summed E-state index contributed by atoms with van der Waals surface area (Å²) in [6, 6.07) is 12.0. The minimum atomic E-state index is -0.198. The van der Waals surface area contributed by atoms with E-state index in [4.69, 9.17) is 0 Å². The number of anilines is 1. The van der Waals surface area contributed by atoms with Gasteiger partial charge in [0.2, 0.25) is 5.91 Å². The van der Waals surface area contributed by atoms with E-state index in [1.54, 1.807) is 17.4 Å². The molecule has 1 aromatic heterocycles. The zero-order valence-electron chi connectivity index (χ0n) is 15.5. The summed E-state index contributed by atoms with van der Waals surface area (Å²) in [5.74, 6) is 0.415. The fourth-order valence-corrected chi connectivity index (χ4v) is 4.70. The Morgan fingerprint density at radius 3 is 2.69 bits per heavy atom. The summed E-state index contributed by atoms with van der Waals surface area (Å²) < 4.78 is 0. The maximum atomic E-state index is 12.3. The normalized spacial score (nSPS) is 16.9. The molecule has 26 heavy (non-hydrogen) atoms. The van der Waals surface area contributed by atoms with Gasteiger partial charge in [0.25, 0.3) is 0 Å². The van der Waals surface area contributed by atoms with E-state index in [0.717, 1.165) is 30.4 Å². The van der Waals surface area contributed by atoms with Crippen LogP contribution in [0.5, 0.6) is 0 Å². The Hall–Kier alpha value is -2.38. The molecule has 134 valence electrons. The van der Waals surface area contributed by atoms with Crippen molar-refractivity contribution in [2.75, 3.05) is 5.32 Å². The summed E-state index contributed by atoms with van der Waals surface area (Å²) in [6.07, 6.45) is 6.32. The summed E-state index contributed by atoms with van der Waals surface area (Å²) in [6.45, 7) is 6.83. The van der Waals surface area contributed by atoms with E-state index in [9.17, 15) is 10.1 Å². The van der Waals surface area contributed by atoms with Crippen LogP contribution in [-0.4, -0.2) is 5.91 Å². The predicted octanol–water partition coefficient (Wildman–Crippen LogP) is 5.42. The first-order valence-corrected chi connectivity index (χ1v) is 9.79. The zero-order chi connectivity index (χ0) is 18.7. The fraction of sp³-hybridized carbons (Fsp3) is 0.364. The molecule has 0 saturated carbocycles. The van der Waals surface area contributed by atoms with E-state index < -0.39 is 0 Å². The molecule has 0 aliphatic heterocycles. The number of nitrogens with zero attached hydrogens (tertiary/aromatic N) is 1. The maximum Gasteiger partial charge on any atom is 0.249 e. The number of fused-ring (bicyclic) bond motifs is 1. The molecular weight excluding hydrogens is 340 g/mol. The Morgan fingerprint density at radius 2 is 2.04 bits per heavy atom. The number of rotatable bonds is 3. The van der Waals surface area contributed by atoms with E-state index in [-0.39, 0.29) is 11.3 Å². The minimum Gasteiger partial charge on any atom is -0.313 e. The van der Waals surface area contributed by atoms with Crippen molar-refractivity contribution in [2.45, 2.75) is 40.0 Å². The average molecular weight is 365 g/mol. The van der Waals surface area contributed by atoms with Gasteiger partial charge in [0.15, 0.2) is 0 Å². The van der Waals surface area contributed by atoms with Crippen LogP contribution in [-0.2, 0) is 17.6 Å². The minimum absolute atomic E-state index is 0.198. The van der Waals surface area contributed by atoms with Gasteiger partial charge in [-0.1, -0.05) is 51.1 Å². The molecule has 1 atom stereocenters. The molecule has 1 amide bonds. The lowest BCUT2D eigenvalue weighted by Gasteiger charge is -2.33. The van der Waals surface area contributed by atoms with E-state index in [1.165, 1.54) is 11.0 Å². The van der Waals surface area contributed by atoms with Crippen LogP contribution in [0.1, 0.15) is 48.8 Å². The Labute approximate surface area is 159 Å². The highest BCUT2D eigenvalue weighted by Gasteiger charge is 2.32. The molecule has 3 nitrogen and oxygen atoms in total. The van der Waals surface area contributed by atoms with Gasteiger partial charge in [-0.05, 0) is 47.8 Å². The molecule has 4 heteroatoms. The van der Waals surface area contributed by atoms with Gasteiger partial charge in [-0.3, -0.25) is 4.79 Å². The van der Waals surface area contributed by atoms with Gasteiger partial charge in [-0.25, -0.2) is 0 Å².